The predicted molar refractivity (Wildman–Crippen MR) is 77.8 cm³/mol. The largest absolute Gasteiger partial charge is 0.550 e. The summed E-state index contributed by atoms with van der Waals surface area (Å²) in [6, 6.07) is 5.33. The van der Waals surface area contributed by atoms with Gasteiger partial charge in [-0.2, -0.15) is 0 Å². The van der Waals surface area contributed by atoms with Crippen LogP contribution < -0.4 is 4.74 Å². The van der Waals surface area contributed by atoms with Gasteiger partial charge in [0.25, 0.3) is 0 Å². The molecule has 0 aliphatic carbocycles. The summed E-state index contributed by atoms with van der Waals surface area (Å²) in [6.07, 6.45) is 3.47. The van der Waals surface area contributed by atoms with Crippen LogP contribution in [0.4, 0.5) is 0 Å². The van der Waals surface area contributed by atoms with Crippen molar-refractivity contribution >= 4 is 20.4 Å². The van der Waals surface area contributed by atoms with Gasteiger partial charge in [0.15, 0.2) is 0 Å². The van der Waals surface area contributed by atoms with E-state index in [-0.39, 0.29) is 6.42 Å². The molecule has 1 N–H and O–H groups in total. The van der Waals surface area contributed by atoms with Gasteiger partial charge in [0, 0.05) is 5.56 Å². The Bertz CT molecular complexity index is 475. The van der Waals surface area contributed by atoms with Crippen molar-refractivity contribution in [3.63, 3.8) is 0 Å². The number of ether oxygens (including phenoxy) is 1. The summed E-state index contributed by atoms with van der Waals surface area (Å²) in [7, 11) is -0.0140. The van der Waals surface area contributed by atoms with E-state index in [0.717, 1.165) is 11.1 Å². The van der Waals surface area contributed by atoms with Crippen molar-refractivity contribution in [1.82, 2.24) is 0 Å². The minimum Gasteiger partial charge on any atom is -0.550 e. The predicted octanol–water partition coefficient (Wildman–Crippen LogP) is 3.14. The molecule has 0 heterocycles. The molecule has 5 heteroatoms. The van der Waals surface area contributed by atoms with Gasteiger partial charge in [0.1, 0.15) is 5.75 Å². The highest BCUT2D eigenvalue weighted by Gasteiger charge is 2.13. The first-order valence-corrected chi connectivity index (χ1v) is 9.46. The van der Waals surface area contributed by atoms with Crippen molar-refractivity contribution in [2.45, 2.75) is 26.1 Å². The topological polar surface area (TPSA) is 55.8 Å². The van der Waals surface area contributed by atoms with Gasteiger partial charge >= 0.3 is 5.97 Å². The normalized spacial score (nSPS) is 11.6. The van der Waals surface area contributed by atoms with Crippen molar-refractivity contribution < 1.29 is 19.1 Å². The van der Waals surface area contributed by atoms with Crippen molar-refractivity contribution in [3.05, 3.63) is 35.6 Å². The fraction of sp³-hybridized carbons (Fsp3) is 0.357. The van der Waals surface area contributed by atoms with Gasteiger partial charge in [-0.25, -0.2) is 0 Å². The molecular weight excluding hydrogens is 260 g/mol. The van der Waals surface area contributed by atoms with E-state index >= 15 is 0 Å². The zero-order chi connectivity index (χ0) is 14.5. The average Bonchev–Trinajstić information content (AvgIpc) is 2.27. The molecule has 0 aliphatic heterocycles. The minimum absolute atomic E-state index is 0.000285. The van der Waals surface area contributed by atoms with Gasteiger partial charge in [0.05, 0.1) is 19.8 Å². The monoisotopic (exact) mass is 280 g/mol. The third-order valence-corrected chi connectivity index (χ3v) is 3.16. The number of hydrogen-bond donors (Lipinski definition) is 1. The number of carboxylic acid groups (broad SMARTS) is 1. The van der Waals surface area contributed by atoms with Crippen molar-refractivity contribution in [3.8, 4) is 5.75 Å². The Kier molecular flexibility index (Phi) is 5.17. The molecule has 0 saturated carbocycles. The SMILES string of the molecule is COc1ccc(CC(=O)O)cc1C=CO[Si](C)(C)C. The number of carbonyl (C=O) groups is 1. The van der Waals surface area contributed by atoms with Crippen LogP contribution in [0.25, 0.3) is 6.08 Å². The molecule has 104 valence electrons. The quantitative estimate of drug-likeness (QED) is 0.642. The molecule has 19 heavy (non-hydrogen) atoms. The highest BCUT2D eigenvalue weighted by molar-refractivity contribution is 6.69. The zero-order valence-corrected chi connectivity index (χ0v) is 12.8. The number of hydrogen-bond acceptors (Lipinski definition) is 3. The van der Waals surface area contributed by atoms with Gasteiger partial charge in [-0.3, -0.25) is 4.79 Å². The standard InChI is InChI=1S/C14H20O4Si/c1-17-13-6-5-11(10-14(15)16)9-12(13)7-8-18-19(2,3)4/h5-9H,10H2,1-4H3,(H,15,16). The Morgan fingerprint density at radius 1 is 1.37 bits per heavy atom. The third kappa shape index (κ3) is 5.61. The Morgan fingerprint density at radius 2 is 2.05 bits per heavy atom. The first kappa shape index (κ1) is 15.3. The number of rotatable bonds is 6. The smallest absolute Gasteiger partial charge is 0.307 e. The summed E-state index contributed by atoms with van der Waals surface area (Å²) < 4.78 is 10.9. The van der Waals surface area contributed by atoms with E-state index in [1.165, 1.54) is 0 Å². The van der Waals surface area contributed by atoms with Crippen LogP contribution in [0, 0.1) is 0 Å². The van der Waals surface area contributed by atoms with Crippen molar-refractivity contribution in [2.75, 3.05) is 7.11 Å². The third-order valence-electron chi connectivity index (χ3n) is 2.32. The number of benzene rings is 1. The van der Waals surface area contributed by atoms with Gasteiger partial charge in [-0.05, 0) is 43.4 Å². The lowest BCUT2D eigenvalue weighted by molar-refractivity contribution is -0.136. The molecule has 1 aromatic rings. The van der Waals surface area contributed by atoms with Gasteiger partial charge in [-0.1, -0.05) is 6.07 Å². The molecule has 0 amide bonds. The highest BCUT2D eigenvalue weighted by Crippen LogP contribution is 2.22. The summed E-state index contributed by atoms with van der Waals surface area (Å²) >= 11 is 0. The summed E-state index contributed by atoms with van der Waals surface area (Å²) in [5.74, 6) is -0.150. The van der Waals surface area contributed by atoms with Crippen molar-refractivity contribution in [2.24, 2.45) is 0 Å². The van der Waals surface area contributed by atoms with Crippen LogP contribution in [0.15, 0.2) is 24.5 Å². The highest BCUT2D eigenvalue weighted by atomic mass is 28.4. The van der Waals surface area contributed by atoms with E-state index in [1.54, 1.807) is 31.6 Å². The maximum Gasteiger partial charge on any atom is 0.307 e. The summed E-state index contributed by atoms with van der Waals surface area (Å²) in [4.78, 5) is 10.7. The summed E-state index contributed by atoms with van der Waals surface area (Å²) in [5.41, 5.74) is 1.56. The van der Waals surface area contributed by atoms with Crippen LogP contribution in [0.2, 0.25) is 19.6 Å². The Labute approximate surface area is 114 Å². The fourth-order valence-electron chi connectivity index (χ4n) is 1.51. The molecule has 0 spiro atoms. The van der Waals surface area contributed by atoms with E-state index < -0.39 is 14.3 Å². The number of aliphatic carboxylic acids is 1. The lowest BCUT2D eigenvalue weighted by atomic mass is 10.1. The molecule has 1 rings (SSSR count). The first-order chi connectivity index (χ1) is 8.81. The number of methoxy groups -OCH3 is 1. The minimum atomic E-state index is -1.60. The lowest BCUT2D eigenvalue weighted by Crippen LogP contribution is -2.21. The number of carboxylic acids is 1. The summed E-state index contributed by atoms with van der Waals surface area (Å²) in [5, 5.41) is 8.80. The van der Waals surface area contributed by atoms with E-state index in [2.05, 4.69) is 19.6 Å². The molecule has 0 aliphatic rings. The Morgan fingerprint density at radius 3 is 2.58 bits per heavy atom. The Balaban J connectivity index is 2.92. The molecule has 0 unspecified atom stereocenters. The van der Waals surface area contributed by atoms with Crippen LogP contribution in [0.5, 0.6) is 5.75 Å². The lowest BCUT2D eigenvalue weighted by Gasteiger charge is -2.15. The Hall–Kier alpha value is -1.75. The van der Waals surface area contributed by atoms with Gasteiger partial charge in [0.2, 0.25) is 8.32 Å². The molecule has 0 fully saturated rings. The van der Waals surface area contributed by atoms with Crippen LogP contribution in [0.3, 0.4) is 0 Å². The zero-order valence-electron chi connectivity index (χ0n) is 11.8. The van der Waals surface area contributed by atoms with E-state index in [1.807, 2.05) is 6.08 Å². The van der Waals surface area contributed by atoms with Crippen LogP contribution in [-0.2, 0) is 15.6 Å². The van der Waals surface area contributed by atoms with Crippen LogP contribution in [0.1, 0.15) is 11.1 Å². The molecular formula is C14H20O4Si. The van der Waals surface area contributed by atoms with Crippen LogP contribution >= 0.6 is 0 Å². The van der Waals surface area contributed by atoms with Crippen LogP contribution in [-0.4, -0.2) is 26.5 Å². The molecule has 0 radical (unpaired) electrons. The van der Waals surface area contributed by atoms with Gasteiger partial charge < -0.3 is 14.3 Å². The fourth-order valence-corrected chi connectivity index (χ4v) is 1.99. The van der Waals surface area contributed by atoms with Crippen molar-refractivity contribution in [1.29, 1.82) is 0 Å². The molecule has 0 saturated heterocycles. The van der Waals surface area contributed by atoms with Gasteiger partial charge in [-0.15, -0.1) is 0 Å². The van der Waals surface area contributed by atoms with E-state index in [4.69, 9.17) is 14.3 Å². The molecule has 1 aromatic carbocycles. The average molecular weight is 280 g/mol. The second kappa shape index (κ2) is 6.42. The maximum atomic E-state index is 10.7. The molecule has 0 atom stereocenters. The van der Waals surface area contributed by atoms with E-state index in [0.29, 0.717) is 5.75 Å². The first-order valence-electron chi connectivity index (χ1n) is 6.05. The second-order valence-corrected chi connectivity index (χ2v) is 9.64. The molecule has 0 bridgehead atoms. The maximum absolute atomic E-state index is 10.7. The second-order valence-electron chi connectivity index (χ2n) is 5.18. The molecule has 0 aromatic heterocycles. The summed E-state index contributed by atoms with van der Waals surface area (Å²) in [6.45, 7) is 6.28. The molecule has 4 nitrogen and oxygen atoms in total. The van der Waals surface area contributed by atoms with E-state index in [9.17, 15) is 4.79 Å².